The Morgan fingerprint density at radius 3 is 2.55 bits per heavy atom. The molecular formula is C23H22F2N4O2. The number of carbonyl (C=O) groups excluding carboxylic acids is 1. The van der Waals surface area contributed by atoms with E-state index in [0.29, 0.717) is 31.5 Å². The number of fused-ring (bicyclic) bond motifs is 2. The maximum absolute atomic E-state index is 14.2. The monoisotopic (exact) mass is 424 g/mol. The molecule has 160 valence electrons. The Morgan fingerprint density at radius 1 is 1.19 bits per heavy atom. The Balaban J connectivity index is 1.23. The predicted molar refractivity (Wildman–Crippen MR) is 108 cm³/mol. The van der Waals surface area contributed by atoms with Gasteiger partial charge < -0.3 is 14.5 Å². The van der Waals surface area contributed by atoms with Crippen molar-refractivity contribution >= 4 is 11.7 Å². The number of ether oxygens (including phenoxy) is 1. The SMILES string of the molecule is N#Cc1ccc(N2C3CCC2CN(C(=O)COC2(c4cccc(F)c4F)CC2)C3)nc1. The minimum atomic E-state index is -0.900. The first-order valence-corrected chi connectivity index (χ1v) is 10.5. The van der Waals surface area contributed by atoms with Gasteiger partial charge in [-0.25, -0.2) is 13.8 Å². The van der Waals surface area contributed by atoms with E-state index >= 15 is 0 Å². The normalized spacial score (nSPS) is 23.5. The molecule has 31 heavy (non-hydrogen) atoms. The van der Waals surface area contributed by atoms with Crippen LogP contribution in [0.15, 0.2) is 36.5 Å². The molecule has 3 fully saturated rings. The van der Waals surface area contributed by atoms with Crippen molar-refractivity contribution in [2.24, 2.45) is 0 Å². The number of anilines is 1. The lowest BCUT2D eigenvalue weighted by Gasteiger charge is -2.41. The van der Waals surface area contributed by atoms with E-state index in [-0.39, 0.29) is 30.2 Å². The molecule has 1 aromatic carbocycles. The summed E-state index contributed by atoms with van der Waals surface area (Å²) in [5.41, 5.74) is -0.183. The summed E-state index contributed by atoms with van der Waals surface area (Å²) in [6, 6.07) is 10.1. The van der Waals surface area contributed by atoms with Crippen LogP contribution in [0.3, 0.4) is 0 Å². The number of rotatable bonds is 5. The molecule has 2 unspecified atom stereocenters. The molecule has 1 saturated carbocycles. The van der Waals surface area contributed by atoms with Crippen LogP contribution in [0.1, 0.15) is 36.8 Å². The predicted octanol–water partition coefficient (Wildman–Crippen LogP) is 3.12. The van der Waals surface area contributed by atoms with Crippen LogP contribution in [-0.2, 0) is 15.1 Å². The van der Waals surface area contributed by atoms with Crippen molar-refractivity contribution in [2.75, 3.05) is 24.6 Å². The molecule has 1 amide bonds. The number of pyridine rings is 1. The van der Waals surface area contributed by atoms with Crippen LogP contribution in [0, 0.1) is 23.0 Å². The van der Waals surface area contributed by atoms with Crippen LogP contribution in [0.4, 0.5) is 14.6 Å². The van der Waals surface area contributed by atoms with Gasteiger partial charge in [-0.05, 0) is 43.9 Å². The number of nitrogens with zero attached hydrogens (tertiary/aromatic N) is 4. The Bertz CT molecular complexity index is 1030. The van der Waals surface area contributed by atoms with Crippen LogP contribution >= 0.6 is 0 Å². The lowest BCUT2D eigenvalue weighted by Crippen LogP contribution is -2.56. The first-order chi connectivity index (χ1) is 15.0. The second kappa shape index (κ2) is 7.57. The number of nitriles is 1. The molecule has 2 aliphatic heterocycles. The number of amides is 1. The van der Waals surface area contributed by atoms with Gasteiger partial charge in [-0.15, -0.1) is 0 Å². The molecule has 0 N–H and O–H groups in total. The van der Waals surface area contributed by atoms with E-state index in [2.05, 4.69) is 16.0 Å². The highest BCUT2D eigenvalue weighted by atomic mass is 19.2. The summed E-state index contributed by atoms with van der Waals surface area (Å²) in [5, 5.41) is 8.97. The first-order valence-electron chi connectivity index (χ1n) is 10.5. The van der Waals surface area contributed by atoms with Gasteiger partial charge in [0.05, 0.1) is 11.2 Å². The van der Waals surface area contributed by atoms with E-state index in [1.807, 2.05) is 6.07 Å². The van der Waals surface area contributed by atoms with E-state index < -0.39 is 17.2 Å². The number of carbonyl (C=O) groups is 1. The van der Waals surface area contributed by atoms with Crippen LogP contribution < -0.4 is 4.90 Å². The average molecular weight is 424 g/mol. The maximum atomic E-state index is 14.2. The number of aromatic nitrogens is 1. The number of likely N-dealkylation sites (tertiary alicyclic amines) is 1. The molecule has 5 rings (SSSR count). The molecule has 0 spiro atoms. The molecular weight excluding hydrogens is 402 g/mol. The molecule has 2 bridgehead atoms. The fourth-order valence-corrected chi connectivity index (χ4v) is 4.84. The highest BCUT2D eigenvalue weighted by Crippen LogP contribution is 2.50. The lowest BCUT2D eigenvalue weighted by molar-refractivity contribution is -0.140. The van der Waals surface area contributed by atoms with Gasteiger partial charge in [0.25, 0.3) is 0 Å². The maximum Gasteiger partial charge on any atom is 0.248 e. The van der Waals surface area contributed by atoms with Gasteiger partial charge in [-0.3, -0.25) is 4.79 Å². The van der Waals surface area contributed by atoms with E-state index in [1.165, 1.54) is 12.1 Å². The largest absolute Gasteiger partial charge is 0.360 e. The van der Waals surface area contributed by atoms with E-state index in [4.69, 9.17) is 10.00 Å². The second-order valence-electron chi connectivity index (χ2n) is 8.49. The van der Waals surface area contributed by atoms with Gasteiger partial charge in [-0.2, -0.15) is 5.26 Å². The molecule has 2 atom stereocenters. The van der Waals surface area contributed by atoms with Crippen LogP contribution in [0.2, 0.25) is 0 Å². The molecule has 3 aliphatic rings. The number of halogens is 2. The van der Waals surface area contributed by atoms with E-state index in [9.17, 15) is 13.6 Å². The fourth-order valence-electron chi connectivity index (χ4n) is 4.84. The van der Waals surface area contributed by atoms with E-state index in [0.717, 1.165) is 24.7 Å². The van der Waals surface area contributed by atoms with Crippen molar-refractivity contribution < 1.29 is 18.3 Å². The van der Waals surface area contributed by atoms with Crippen molar-refractivity contribution in [3.8, 4) is 6.07 Å². The Morgan fingerprint density at radius 2 is 1.94 bits per heavy atom. The van der Waals surface area contributed by atoms with Crippen LogP contribution in [0.5, 0.6) is 0 Å². The van der Waals surface area contributed by atoms with Gasteiger partial charge in [0.15, 0.2) is 11.6 Å². The average Bonchev–Trinajstić information content (AvgIpc) is 3.53. The minimum Gasteiger partial charge on any atom is -0.360 e. The molecule has 2 saturated heterocycles. The molecule has 1 aliphatic carbocycles. The van der Waals surface area contributed by atoms with Gasteiger partial charge in [-0.1, -0.05) is 12.1 Å². The van der Waals surface area contributed by atoms with Crippen molar-refractivity contribution in [3.05, 3.63) is 59.3 Å². The molecule has 1 aromatic heterocycles. The Hall–Kier alpha value is -3.05. The zero-order chi connectivity index (χ0) is 21.6. The Labute approximate surface area is 179 Å². The van der Waals surface area contributed by atoms with Crippen LogP contribution in [-0.4, -0.2) is 47.6 Å². The third kappa shape index (κ3) is 3.53. The Kier molecular flexibility index (Phi) is 4.86. The first kappa shape index (κ1) is 19.9. The second-order valence-corrected chi connectivity index (χ2v) is 8.49. The summed E-state index contributed by atoms with van der Waals surface area (Å²) in [4.78, 5) is 21.3. The third-order valence-electron chi connectivity index (χ3n) is 6.59. The number of hydrogen-bond donors (Lipinski definition) is 0. The third-order valence-corrected chi connectivity index (χ3v) is 6.59. The highest BCUT2D eigenvalue weighted by molar-refractivity contribution is 5.78. The summed E-state index contributed by atoms with van der Waals surface area (Å²) in [6.45, 7) is 0.994. The van der Waals surface area contributed by atoms with Crippen LogP contribution in [0.25, 0.3) is 0 Å². The zero-order valence-electron chi connectivity index (χ0n) is 16.9. The van der Waals surface area contributed by atoms with Crippen molar-refractivity contribution in [3.63, 3.8) is 0 Å². The molecule has 2 aromatic rings. The van der Waals surface area contributed by atoms with Crippen molar-refractivity contribution in [1.29, 1.82) is 5.26 Å². The number of piperazine rings is 1. The fraction of sp³-hybridized carbons (Fsp3) is 0.435. The van der Waals surface area contributed by atoms with Crippen molar-refractivity contribution in [2.45, 2.75) is 43.4 Å². The lowest BCUT2D eigenvalue weighted by atomic mass is 10.1. The highest BCUT2D eigenvalue weighted by Gasteiger charge is 2.49. The number of hydrogen-bond acceptors (Lipinski definition) is 5. The topological polar surface area (TPSA) is 69.5 Å². The van der Waals surface area contributed by atoms with Gasteiger partial charge >= 0.3 is 0 Å². The standard InChI is InChI=1S/C23H22F2N4O2/c24-19-3-1-2-18(22(19)25)23(8-9-23)31-14-21(30)28-12-16-5-6-17(13-28)29(16)20-7-4-15(10-26)11-27-20/h1-4,7,11,16-17H,5-6,8-9,12-14H2. The molecule has 3 heterocycles. The summed E-state index contributed by atoms with van der Waals surface area (Å²) in [5.74, 6) is -1.10. The minimum absolute atomic E-state index is 0.132. The molecule has 0 radical (unpaired) electrons. The van der Waals surface area contributed by atoms with Gasteiger partial charge in [0.1, 0.15) is 18.5 Å². The smallest absolute Gasteiger partial charge is 0.248 e. The number of benzene rings is 1. The quantitative estimate of drug-likeness (QED) is 0.738. The molecule has 8 heteroatoms. The summed E-state index contributed by atoms with van der Waals surface area (Å²) in [7, 11) is 0. The summed E-state index contributed by atoms with van der Waals surface area (Å²) < 4.78 is 33.7. The van der Waals surface area contributed by atoms with Gasteiger partial charge in [0, 0.05) is 36.9 Å². The zero-order valence-corrected chi connectivity index (χ0v) is 16.9. The molecule has 6 nitrogen and oxygen atoms in total. The van der Waals surface area contributed by atoms with Crippen molar-refractivity contribution in [1.82, 2.24) is 9.88 Å². The van der Waals surface area contributed by atoms with E-state index in [1.54, 1.807) is 17.2 Å². The summed E-state index contributed by atoms with van der Waals surface area (Å²) in [6.07, 6.45) is 4.65. The van der Waals surface area contributed by atoms with Gasteiger partial charge in [0.2, 0.25) is 5.91 Å². The summed E-state index contributed by atoms with van der Waals surface area (Å²) >= 11 is 0.